The summed E-state index contributed by atoms with van der Waals surface area (Å²) in [5.41, 5.74) is 0. The molecule has 0 unspecified atom stereocenters. The summed E-state index contributed by atoms with van der Waals surface area (Å²) < 4.78 is 4.86. The lowest BCUT2D eigenvalue weighted by molar-refractivity contribution is 0.396. The maximum absolute atomic E-state index is 4.86. The van der Waals surface area contributed by atoms with Crippen LogP contribution in [-0.2, 0) is 4.52 Å². The van der Waals surface area contributed by atoms with Crippen molar-refractivity contribution in [2.24, 2.45) is 0 Å². The van der Waals surface area contributed by atoms with Crippen molar-refractivity contribution in [1.29, 1.82) is 0 Å². The highest BCUT2D eigenvalue weighted by Crippen LogP contribution is 2.04. The SMILES string of the molecule is C1=POCC1. The normalized spacial score (nSPS) is 24.0. The van der Waals surface area contributed by atoms with E-state index in [9.17, 15) is 0 Å². The fourth-order valence-corrected chi connectivity index (χ4v) is 0.791. The van der Waals surface area contributed by atoms with Crippen LogP contribution in [0.5, 0.6) is 0 Å². The molecule has 0 radical (unpaired) electrons. The van der Waals surface area contributed by atoms with Gasteiger partial charge in [-0.05, 0) is 12.2 Å². The van der Waals surface area contributed by atoms with Crippen LogP contribution in [0.25, 0.3) is 0 Å². The van der Waals surface area contributed by atoms with Crippen molar-refractivity contribution in [3.8, 4) is 0 Å². The van der Waals surface area contributed by atoms with Crippen LogP contribution >= 0.6 is 8.43 Å². The molecular weight excluding hydrogens is 83.0 g/mol. The third-order valence-corrected chi connectivity index (χ3v) is 1.23. The molecule has 1 aliphatic rings. The van der Waals surface area contributed by atoms with Crippen LogP contribution in [-0.4, -0.2) is 12.4 Å². The Bertz CT molecular complexity index is 44.9. The van der Waals surface area contributed by atoms with Crippen molar-refractivity contribution >= 4 is 14.2 Å². The minimum atomic E-state index is 0.932. The largest absolute Gasteiger partial charge is 0.326 e. The molecule has 0 spiro atoms. The van der Waals surface area contributed by atoms with Crippen LogP contribution in [0.3, 0.4) is 0 Å². The van der Waals surface area contributed by atoms with Gasteiger partial charge in [-0.15, -0.1) is 0 Å². The standard InChI is InChI=1S/C3H5OP/c1-2-4-5-3-1/h3H,1-2H2. The highest BCUT2D eigenvalue weighted by atomic mass is 31.1. The zero-order chi connectivity index (χ0) is 3.54. The van der Waals surface area contributed by atoms with E-state index in [1.165, 1.54) is 0 Å². The molecule has 28 valence electrons. The highest BCUT2D eigenvalue weighted by molar-refractivity contribution is 7.33. The van der Waals surface area contributed by atoms with Gasteiger partial charge in [-0.1, -0.05) is 0 Å². The molecule has 0 N–H and O–H groups in total. The van der Waals surface area contributed by atoms with Gasteiger partial charge in [-0.2, -0.15) is 0 Å². The van der Waals surface area contributed by atoms with Crippen LogP contribution in [0.15, 0.2) is 0 Å². The van der Waals surface area contributed by atoms with Crippen molar-refractivity contribution in [1.82, 2.24) is 0 Å². The van der Waals surface area contributed by atoms with Crippen LogP contribution in [0.1, 0.15) is 6.42 Å². The summed E-state index contributed by atoms with van der Waals surface area (Å²) in [4.78, 5) is 0. The van der Waals surface area contributed by atoms with E-state index in [0.717, 1.165) is 21.5 Å². The van der Waals surface area contributed by atoms with Gasteiger partial charge in [0.05, 0.1) is 15.0 Å². The maximum Gasteiger partial charge on any atom is 0.0613 e. The van der Waals surface area contributed by atoms with Crippen molar-refractivity contribution in [3.63, 3.8) is 0 Å². The predicted octanol–water partition coefficient (Wildman–Crippen LogP) is 1.07. The van der Waals surface area contributed by atoms with E-state index in [4.69, 9.17) is 4.52 Å². The van der Waals surface area contributed by atoms with E-state index in [1.807, 2.05) is 0 Å². The van der Waals surface area contributed by atoms with E-state index in [-0.39, 0.29) is 0 Å². The van der Waals surface area contributed by atoms with Gasteiger partial charge < -0.3 is 4.52 Å². The average Bonchev–Trinajstić information content (AvgIpc) is 1.76. The number of hydrogen-bond acceptors (Lipinski definition) is 1. The highest BCUT2D eigenvalue weighted by Gasteiger charge is 1.85. The van der Waals surface area contributed by atoms with Crippen LogP contribution in [0.2, 0.25) is 0 Å². The topological polar surface area (TPSA) is 9.23 Å². The Morgan fingerprint density at radius 1 is 1.80 bits per heavy atom. The lowest BCUT2D eigenvalue weighted by Gasteiger charge is -1.73. The Morgan fingerprint density at radius 3 is 3.00 bits per heavy atom. The first-order valence-corrected chi connectivity index (χ1v) is 2.52. The van der Waals surface area contributed by atoms with E-state index >= 15 is 0 Å². The summed E-state index contributed by atoms with van der Waals surface area (Å²) in [6, 6.07) is 0. The average molecular weight is 88.0 g/mol. The lowest BCUT2D eigenvalue weighted by atomic mass is 10.5. The minimum absolute atomic E-state index is 0.932. The molecule has 1 aliphatic heterocycles. The summed E-state index contributed by atoms with van der Waals surface area (Å²) in [5.74, 6) is 2.11. The molecule has 1 rings (SSSR count). The molecule has 0 saturated carbocycles. The van der Waals surface area contributed by atoms with Gasteiger partial charge in [0.25, 0.3) is 0 Å². The maximum atomic E-state index is 4.86. The van der Waals surface area contributed by atoms with E-state index in [2.05, 4.69) is 5.80 Å². The molecule has 1 heterocycles. The molecule has 2 heteroatoms. The monoisotopic (exact) mass is 88.0 g/mol. The second-order valence-corrected chi connectivity index (χ2v) is 1.74. The van der Waals surface area contributed by atoms with E-state index in [0.29, 0.717) is 0 Å². The lowest BCUT2D eigenvalue weighted by Crippen LogP contribution is -1.71. The third-order valence-electron chi connectivity index (χ3n) is 0.487. The van der Waals surface area contributed by atoms with Gasteiger partial charge in [0.1, 0.15) is 0 Å². The van der Waals surface area contributed by atoms with Crippen LogP contribution < -0.4 is 0 Å². The summed E-state index contributed by atoms with van der Waals surface area (Å²) in [5, 5.41) is 0. The Kier molecular flexibility index (Phi) is 1.02. The van der Waals surface area contributed by atoms with Crippen molar-refractivity contribution in [2.45, 2.75) is 6.42 Å². The quantitative estimate of drug-likeness (QED) is 0.402. The summed E-state index contributed by atoms with van der Waals surface area (Å²) in [6.07, 6.45) is 1.14. The molecule has 0 atom stereocenters. The molecule has 0 bridgehead atoms. The smallest absolute Gasteiger partial charge is 0.0613 e. The minimum Gasteiger partial charge on any atom is -0.326 e. The van der Waals surface area contributed by atoms with E-state index < -0.39 is 0 Å². The zero-order valence-corrected chi connectivity index (χ0v) is 3.74. The first-order valence-electron chi connectivity index (χ1n) is 1.64. The summed E-state index contributed by atoms with van der Waals surface area (Å²) in [6.45, 7) is 0.932. The van der Waals surface area contributed by atoms with Crippen molar-refractivity contribution < 1.29 is 4.52 Å². The number of rotatable bonds is 0. The second-order valence-electron chi connectivity index (χ2n) is 0.910. The van der Waals surface area contributed by atoms with Crippen molar-refractivity contribution in [3.05, 3.63) is 0 Å². The summed E-state index contributed by atoms with van der Waals surface area (Å²) in [7, 11) is 1.07. The van der Waals surface area contributed by atoms with Gasteiger partial charge in [0.2, 0.25) is 0 Å². The molecule has 0 amide bonds. The first-order chi connectivity index (χ1) is 2.50. The second kappa shape index (κ2) is 1.54. The molecule has 0 aromatic rings. The zero-order valence-electron chi connectivity index (χ0n) is 2.85. The van der Waals surface area contributed by atoms with Crippen LogP contribution in [0.4, 0.5) is 0 Å². The number of hydrogen-bond donors (Lipinski definition) is 0. The van der Waals surface area contributed by atoms with E-state index in [1.54, 1.807) is 0 Å². The fraction of sp³-hybridized carbons (Fsp3) is 0.667. The Morgan fingerprint density at radius 2 is 2.80 bits per heavy atom. The molecule has 0 fully saturated rings. The molecule has 1 nitrogen and oxygen atoms in total. The summed E-state index contributed by atoms with van der Waals surface area (Å²) >= 11 is 0. The van der Waals surface area contributed by atoms with Crippen molar-refractivity contribution in [2.75, 3.05) is 6.61 Å². The van der Waals surface area contributed by atoms with Gasteiger partial charge in [-0.3, -0.25) is 0 Å². The molecule has 5 heavy (non-hydrogen) atoms. The predicted molar refractivity (Wildman–Crippen MR) is 23.6 cm³/mol. The molecule has 0 saturated heterocycles. The van der Waals surface area contributed by atoms with Gasteiger partial charge >= 0.3 is 0 Å². The van der Waals surface area contributed by atoms with Gasteiger partial charge in [0.15, 0.2) is 0 Å². The Balaban J connectivity index is 2.32. The van der Waals surface area contributed by atoms with Crippen LogP contribution in [0, 0.1) is 0 Å². The van der Waals surface area contributed by atoms with Gasteiger partial charge in [-0.25, -0.2) is 0 Å². The van der Waals surface area contributed by atoms with Gasteiger partial charge in [0, 0.05) is 0 Å². The molecule has 0 aromatic carbocycles. The molecule has 0 aliphatic carbocycles. The Hall–Kier alpha value is 0.130. The Labute approximate surface area is 32.8 Å². The fourth-order valence-electron chi connectivity index (χ4n) is 0.264. The molecular formula is C3H5OP. The third kappa shape index (κ3) is 0.712. The molecule has 0 aromatic heterocycles. The first kappa shape index (κ1) is 3.32.